The molecule has 3 amide bonds. The van der Waals surface area contributed by atoms with E-state index in [4.69, 9.17) is 5.73 Å². The number of hydrogen-bond acceptors (Lipinski definition) is 6. The third-order valence-corrected chi connectivity index (χ3v) is 6.58. The molecule has 0 fully saturated rings. The number of H-pyrrole nitrogens is 1. The summed E-state index contributed by atoms with van der Waals surface area (Å²) in [5.41, 5.74) is 7.75. The van der Waals surface area contributed by atoms with E-state index in [0.717, 1.165) is 16.5 Å². The first-order valence-electron chi connectivity index (χ1n) is 13.0. The molecular formula is C27H39N5O7. The van der Waals surface area contributed by atoms with Gasteiger partial charge in [0.1, 0.15) is 18.1 Å². The van der Waals surface area contributed by atoms with Crippen LogP contribution in [0.2, 0.25) is 0 Å². The summed E-state index contributed by atoms with van der Waals surface area (Å²) in [6.45, 7) is 7.11. The Morgan fingerprint density at radius 1 is 0.923 bits per heavy atom. The van der Waals surface area contributed by atoms with Crippen LogP contribution in [0, 0.1) is 11.8 Å². The number of carboxylic acid groups (broad SMARTS) is 2. The van der Waals surface area contributed by atoms with E-state index in [1.165, 1.54) is 0 Å². The van der Waals surface area contributed by atoms with E-state index >= 15 is 0 Å². The average molecular weight is 546 g/mol. The number of amides is 3. The van der Waals surface area contributed by atoms with E-state index in [9.17, 15) is 34.2 Å². The molecule has 0 aliphatic heterocycles. The molecule has 0 bridgehead atoms. The van der Waals surface area contributed by atoms with Crippen LogP contribution in [0.4, 0.5) is 0 Å². The first kappa shape index (κ1) is 31.3. The monoisotopic (exact) mass is 545 g/mol. The van der Waals surface area contributed by atoms with Gasteiger partial charge in [-0.1, -0.05) is 52.3 Å². The number of fused-ring (bicyclic) bond motifs is 1. The molecule has 2 rings (SSSR count). The molecule has 214 valence electrons. The number of carboxylic acids is 2. The van der Waals surface area contributed by atoms with E-state index in [-0.39, 0.29) is 24.7 Å². The van der Waals surface area contributed by atoms with Gasteiger partial charge in [-0.15, -0.1) is 0 Å². The van der Waals surface area contributed by atoms with Gasteiger partial charge in [-0.3, -0.25) is 19.2 Å². The van der Waals surface area contributed by atoms with Crippen molar-refractivity contribution in [2.24, 2.45) is 17.6 Å². The summed E-state index contributed by atoms with van der Waals surface area (Å²) in [6, 6.07) is 2.59. The van der Waals surface area contributed by atoms with Crippen molar-refractivity contribution >= 4 is 40.6 Å². The standard InChI is InChI=1S/C27H39N5O7/c1-5-15(4)23(27(38)39)32-26(37)20(10-14(2)3)31-25(36)21(12-22(33)34)30-24(35)18(28)11-16-13-29-19-9-7-6-8-17(16)19/h6-9,13-15,18,20-21,23,29H,5,10-12,28H2,1-4H3,(H,30,35)(H,31,36)(H,32,37)(H,33,34)(H,38,39). The summed E-state index contributed by atoms with van der Waals surface area (Å²) in [4.78, 5) is 65.2. The zero-order chi connectivity index (χ0) is 29.3. The minimum atomic E-state index is -1.50. The summed E-state index contributed by atoms with van der Waals surface area (Å²) in [6.07, 6.45) is 1.81. The molecule has 1 heterocycles. The van der Waals surface area contributed by atoms with Gasteiger partial charge in [0.25, 0.3) is 0 Å². The van der Waals surface area contributed by atoms with Gasteiger partial charge in [0, 0.05) is 17.1 Å². The number of carbonyl (C=O) groups excluding carboxylic acids is 3. The van der Waals surface area contributed by atoms with Crippen molar-refractivity contribution in [1.29, 1.82) is 0 Å². The molecule has 0 aliphatic rings. The van der Waals surface area contributed by atoms with Crippen molar-refractivity contribution in [2.45, 2.75) is 77.5 Å². The number of para-hydroxylation sites is 1. The second-order valence-electron chi connectivity index (χ2n) is 10.2. The van der Waals surface area contributed by atoms with Crippen LogP contribution in [0.25, 0.3) is 10.9 Å². The number of nitrogens with one attached hydrogen (secondary N) is 4. The third-order valence-electron chi connectivity index (χ3n) is 6.58. The Bertz CT molecular complexity index is 1180. The van der Waals surface area contributed by atoms with Crippen LogP contribution in [0.3, 0.4) is 0 Å². The first-order valence-corrected chi connectivity index (χ1v) is 13.0. The van der Waals surface area contributed by atoms with Crippen LogP contribution in [-0.2, 0) is 30.4 Å². The van der Waals surface area contributed by atoms with Crippen molar-refractivity contribution < 1.29 is 34.2 Å². The molecule has 0 saturated heterocycles. The normalized spacial score (nSPS) is 15.1. The Hall–Kier alpha value is -3.93. The summed E-state index contributed by atoms with van der Waals surface area (Å²) in [5, 5.41) is 27.2. The van der Waals surface area contributed by atoms with E-state index in [1.807, 2.05) is 38.1 Å². The highest BCUT2D eigenvalue weighted by atomic mass is 16.4. The second-order valence-corrected chi connectivity index (χ2v) is 10.2. The van der Waals surface area contributed by atoms with E-state index < -0.39 is 60.2 Å². The zero-order valence-electron chi connectivity index (χ0n) is 22.7. The highest BCUT2D eigenvalue weighted by molar-refractivity contribution is 5.96. The second kappa shape index (κ2) is 14.3. The maximum absolute atomic E-state index is 13.1. The summed E-state index contributed by atoms with van der Waals surface area (Å²) in [7, 11) is 0. The molecule has 0 spiro atoms. The smallest absolute Gasteiger partial charge is 0.326 e. The lowest BCUT2D eigenvalue weighted by molar-refractivity contribution is -0.144. The summed E-state index contributed by atoms with van der Waals surface area (Å²) < 4.78 is 0. The van der Waals surface area contributed by atoms with Crippen molar-refractivity contribution in [1.82, 2.24) is 20.9 Å². The average Bonchev–Trinajstić information content (AvgIpc) is 3.27. The largest absolute Gasteiger partial charge is 0.481 e. The van der Waals surface area contributed by atoms with Gasteiger partial charge in [-0.2, -0.15) is 0 Å². The molecule has 0 aliphatic carbocycles. The molecule has 2 aromatic rings. The third kappa shape index (κ3) is 9.10. The van der Waals surface area contributed by atoms with E-state index in [1.54, 1.807) is 20.0 Å². The van der Waals surface area contributed by atoms with Gasteiger partial charge in [-0.05, 0) is 36.3 Å². The zero-order valence-corrected chi connectivity index (χ0v) is 22.7. The quantitative estimate of drug-likeness (QED) is 0.172. The lowest BCUT2D eigenvalue weighted by Crippen LogP contribution is -2.58. The number of nitrogens with two attached hydrogens (primary N) is 1. The van der Waals surface area contributed by atoms with Gasteiger partial charge in [0.05, 0.1) is 12.5 Å². The van der Waals surface area contributed by atoms with Gasteiger partial charge < -0.3 is 36.9 Å². The lowest BCUT2D eigenvalue weighted by Gasteiger charge is -2.27. The maximum Gasteiger partial charge on any atom is 0.326 e. The summed E-state index contributed by atoms with van der Waals surface area (Å²) >= 11 is 0. The number of hydrogen-bond donors (Lipinski definition) is 7. The molecule has 39 heavy (non-hydrogen) atoms. The molecule has 12 heteroatoms. The van der Waals surface area contributed by atoms with E-state index in [0.29, 0.717) is 6.42 Å². The number of carbonyl (C=O) groups is 5. The number of aliphatic carboxylic acids is 2. The molecule has 1 aromatic carbocycles. The Morgan fingerprint density at radius 2 is 1.54 bits per heavy atom. The van der Waals surface area contributed by atoms with Crippen LogP contribution < -0.4 is 21.7 Å². The predicted octanol–water partition coefficient (Wildman–Crippen LogP) is 1.14. The Balaban J connectivity index is 2.15. The Kier molecular flexibility index (Phi) is 11.5. The van der Waals surface area contributed by atoms with Gasteiger partial charge >= 0.3 is 11.9 Å². The van der Waals surface area contributed by atoms with Crippen LogP contribution in [0.5, 0.6) is 0 Å². The molecule has 8 N–H and O–H groups in total. The highest BCUT2D eigenvalue weighted by Crippen LogP contribution is 2.19. The fraction of sp³-hybridized carbons (Fsp3) is 0.519. The first-order chi connectivity index (χ1) is 18.3. The molecule has 0 saturated carbocycles. The topological polar surface area (TPSA) is 204 Å². The Labute approximate surface area is 227 Å². The number of aromatic amines is 1. The van der Waals surface area contributed by atoms with Gasteiger partial charge in [0.15, 0.2) is 0 Å². The maximum atomic E-state index is 13.1. The van der Waals surface area contributed by atoms with Crippen LogP contribution >= 0.6 is 0 Å². The van der Waals surface area contributed by atoms with Crippen molar-refractivity contribution in [3.8, 4) is 0 Å². The predicted molar refractivity (Wildman–Crippen MR) is 145 cm³/mol. The Morgan fingerprint density at radius 3 is 2.13 bits per heavy atom. The van der Waals surface area contributed by atoms with Gasteiger partial charge in [-0.25, -0.2) is 4.79 Å². The van der Waals surface area contributed by atoms with Crippen molar-refractivity contribution in [3.63, 3.8) is 0 Å². The molecule has 12 nitrogen and oxygen atoms in total. The van der Waals surface area contributed by atoms with Crippen molar-refractivity contribution in [3.05, 3.63) is 36.0 Å². The fourth-order valence-corrected chi connectivity index (χ4v) is 4.20. The van der Waals surface area contributed by atoms with Crippen LogP contribution in [-0.4, -0.2) is 69.0 Å². The van der Waals surface area contributed by atoms with Crippen LogP contribution in [0.15, 0.2) is 30.5 Å². The molecular weight excluding hydrogens is 506 g/mol. The van der Waals surface area contributed by atoms with Crippen molar-refractivity contribution in [2.75, 3.05) is 0 Å². The van der Waals surface area contributed by atoms with Crippen LogP contribution in [0.1, 0.15) is 52.5 Å². The minimum Gasteiger partial charge on any atom is -0.481 e. The number of rotatable bonds is 15. The molecule has 5 unspecified atom stereocenters. The summed E-state index contributed by atoms with van der Waals surface area (Å²) in [5.74, 6) is -5.29. The van der Waals surface area contributed by atoms with Gasteiger partial charge in [0.2, 0.25) is 17.7 Å². The molecule has 5 atom stereocenters. The SMILES string of the molecule is CCC(C)C(NC(=O)C(CC(C)C)NC(=O)C(CC(=O)O)NC(=O)C(N)Cc1c[nH]c2ccccc12)C(=O)O. The number of aromatic nitrogens is 1. The molecule has 1 aromatic heterocycles. The molecule has 0 radical (unpaired) electrons. The highest BCUT2D eigenvalue weighted by Gasteiger charge is 2.33. The minimum absolute atomic E-state index is 0.0648. The lowest BCUT2D eigenvalue weighted by atomic mass is 9.97. The fourth-order valence-electron chi connectivity index (χ4n) is 4.20. The van der Waals surface area contributed by atoms with E-state index in [2.05, 4.69) is 20.9 Å². The number of benzene rings is 1.